The fraction of sp³-hybridized carbons (Fsp3) is 0.286. The van der Waals surface area contributed by atoms with Gasteiger partial charge in [-0.15, -0.1) is 11.8 Å². The third-order valence-electron chi connectivity index (χ3n) is 0.992. The maximum Gasteiger partial charge on any atom is 0.0960 e. The van der Waals surface area contributed by atoms with Crippen LogP contribution in [-0.2, 0) is 0 Å². The normalized spacial score (nSPS) is 9.80. The molecule has 0 amide bonds. The molecule has 3 heteroatoms. The predicted molar refractivity (Wildman–Crippen MR) is 45.6 cm³/mol. The number of halogens is 1. The highest BCUT2D eigenvalue weighted by Gasteiger charge is 1.91. The van der Waals surface area contributed by atoms with Crippen molar-refractivity contribution in [2.75, 3.05) is 5.75 Å². The second-order valence-electron chi connectivity index (χ2n) is 1.75. The monoisotopic (exact) mass is 173 g/mol. The highest BCUT2D eigenvalue weighted by atomic mass is 35.5. The standard InChI is InChI=1S/C7H8ClNS/c1-2-10-7-4-3-6(8)5-9-7/h3-5H,2H2,1H3. The van der Waals surface area contributed by atoms with Gasteiger partial charge in [-0.05, 0) is 17.9 Å². The largest absolute Gasteiger partial charge is 0.248 e. The van der Waals surface area contributed by atoms with Crippen molar-refractivity contribution in [3.8, 4) is 0 Å². The van der Waals surface area contributed by atoms with Gasteiger partial charge in [0.25, 0.3) is 0 Å². The average molecular weight is 174 g/mol. The van der Waals surface area contributed by atoms with E-state index in [1.807, 2.05) is 12.1 Å². The van der Waals surface area contributed by atoms with Crippen LogP contribution < -0.4 is 0 Å². The zero-order valence-electron chi connectivity index (χ0n) is 5.67. The van der Waals surface area contributed by atoms with E-state index in [1.54, 1.807) is 18.0 Å². The van der Waals surface area contributed by atoms with Crippen molar-refractivity contribution in [1.82, 2.24) is 4.98 Å². The van der Waals surface area contributed by atoms with E-state index in [9.17, 15) is 0 Å². The van der Waals surface area contributed by atoms with Gasteiger partial charge < -0.3 is 0 Å². The van der Waals surface area contributed by atoms with Crippen LogP contribution in [0, 0.1) is 0 Å². The van der Waals surface area contributed by atoms with E-state index >= 15 is 0 Å². The van der Waals surface area contributed by atoms with Crippen LogP contribution >= 0.6 is 23.4 Å². The molecule has 1 aromatic heterocycles. The van der Waals surface area contributed by atoms with Gasteiger partial charge in [0.15, 0.2) is 0 Å². The van der Waals surface area contributed by atoms with E-state index in [0.29, 0.717) is 5.02 Å². The molecule has 0 spiro atoms. The summed E-state index contributed by atoms with van der Waals surface area (Å²) in [6.07, 6.45) is 1.67. The van der Waals surface area contributed by atoms with Crippen LogP contribution in [-0.4, -0.2) is 10.7 Å². The summed E-state index contributed by atoms with van der Waals surface area (Å²) in [7, 11) is 0. The van der Waals surface area contributed by atoms with Crippen LogP contribution in [0.3, 0.4) is 0 Å². The number of nitrogens with zero attached hydrogens (tertiary/aromatic N) is 1. The molecule has 0 atom stereocenters. The number of thioether (sulfide) groups is 1. The van der Waals surface area contributed by atoms with Gasteiger partial charge in [0.05, 0.1) is 10.0 Å². The Balaban J connectivity index is 2.69. The van der Waals surface area contributed by atoms with Gasteiger partial charge in [0.1, 0.15) is 0 Å². The van der Waals surface area contributed by atoms with Gasteiger partial charge in [0, 0.05) is 6.20 Å². The fourth-order valence-electron chi connectivity index (χ4n) is 0.596. The molecule has 0 aliphatic carbocycles. The molecule has 10 heavy (non-hydrogen) atoms. The lowest BCUT2D eigenvalue weighted by Crippen LogP contribution is -1.77. The Morgan fingerprint density at radius 1 is 1.60 bits per heavy atom. The van der Waals surface area contributed by atoms with Gasteiger partial charge in [-0.2, -0.15) is 0 Å². The highest BCUT2D eigenvalue weighted by molar-refractivity contribution is 7.99. The smallest absolute Gasteiger partial charge is 0.0960 e. The lowest BCUT2D eigenvalue weighted by atomic mass is 10.5. The van der Waals surface area contributed by atoms with E-state index in [2.05, 4.69) is 11.9 Å². The van der Waals surface area contributed by atoms with Crippen LogP contribution in [0.5, 0.6) is 0 Å². The first-order chi connectivity index (χ1) is 4.83. The molecule has 0 aromatic carbocycles. The summed E-state index contributed by atoms with van der Waals surface area (Å²) < 4.78 is 0. The minimum atomic E-state index is 0.695. The molecule has 0 unspecified atom stereocenters. The molecule has 0 saturated heterocycles. The molecule has 1 rings (SSSR count). The number of aromatic nitrogens is 1. The number of rotatable bonds is 2. The van der Waals surface area contributed by atoms with Crippen LogP contribution in [0.15, 0.2) is 23.4 Å². The highest BCUT2D eigenvalue weighted by Crippen LogP contribution is 2.15. The summed E-state index contributed by atoms with van der Waals surface area (Å²) in [5.41, 5.74) is 0. The molecule has 0 aliphatic rings. The van der Waals surface area contributed by atoms with E-state index in [4.69, 9.17) is 11.6 Å². The summed E-state index contributed by atoms with van der Waals surface area (Å²) >= 11 is 7.35. The Kier molecular flexibility index (Phi) is 3.03. The van der Waals surface area contributed by atoms with E-state index in [0.717, 1.165) is 10.8 Å². The van der Waals surface area contributed by atoms with Crippen molar-refractivity contribution in [3.63, 3.8) is 0 Å². The minimum Gasteiger partial charge on any atom is -0.248 e. The maximum absolute atomic E-state index is 5.64. The first-order valence-corrected chi connectivity index (χ1v) is 4.43. The van der Waals surface area contributed by atoms with Crippen LogP contribution in [0.1, 0.15) is 6.92 Å². The molecule has 0 radical (unpaired) electrons. The molecule has 54 valence electrons. The number of pyridine rings is 1. The Morgan fingerprint density at radius 2 is 2.40 bits per heavy atom. The van der Waals surface area contributed by atoms with Crippen LogP contribution in [0.25, 0.3) is 0 Å². The van der Waals surface area contributed by atoms with E-state index < -0.39 is 0 Å². The molecule has 0 N–H and O–H groups in total. The molecule has 0 bridgehead atoms. The van der Waals surface area contributed by atoms with Gasteiger partial charge in [0.2, 0.25) is 0 Å². The Bertz CT molecular complexity index is 197. The molecule has 1 nitrogen and oxygen atoms in total. The Labute approximate surface area is 69.8 Å². The second kappa shape index (κ2) is 3.84. The SMILES string of the molecule is CCSc1ccc(Cl)cn1. The third-order valence-corrected chi connectivity index (χ3v) is 2.04. The zero-order chi connectivity index (χ0) is 7.40. The molecular formula is C7H8ClNS. The molecule has 1 aromatic rings. The van der Waals surface area contributed by atoms with Gasteiger partial charge in [-0.1, -0.05) is 18.5 Å². The Morgan fingerprint density at radius 3 is 2.90 bits per heavy atom. The minimum absolute atomic E-state index is 0.695. The quantitative estimate of drug-likeness (QED) is 0.638. The fourth-order valence-corrected chi connectivity index (χ4v) is 1.29. The van der Waals surface area contributed by atoms with Gasteiger partial charge in [-0.3, -0.25) is 0 Å². The molecule has 1 heterocycles. The molecule has 0 aliphatic heterocycles. The second-order valence-corrected chi connectivity index (χ2v) is 3.47. The lowest BCUT2D eigenvalue weighted by molar-refractivity contribution is 1.13. The predicted octanol–water partition coefficient (Wildman–Crippen LogP) is 2.85. The number of hydrogen-bond acceptors (Lipinski definition) is 2. The molecular weight excluding hydrogens is 166 g/mol. The maximum atomic E-state index is 5.64. The van der Waals surface area contributed by atoms with Crippen molar-refractivity contribution in [2.45, 2.75) is 11.9 Å². The van der Waals surface area contributed by atoms with Crippen LogP contribution in [0.2, 0.25) is 5.02 Å². The summed E-state index contributed by atoms with van der Waals surface area (Å²) in [5.74, 6) is 1.05. The first kappa shape index (κ1) is 7.89. The average Bonchev–Trinajstić information content (AvgIpc) is 1.95. The van der Waals surface area contributed by atoms with Crippen molar-refractivity contribution in [1.29, 1.82) is 0 Å². The first-order valence-electron chi connectivity index (χ1n) is 3.07. The lowest BCUT2D eigenvalue weighted by Gasteiger charge is -1.94. The van der Waals surface area contributed by atoms with Gasteiger partial charge in [-0.25, -0.2) is 4.98 Å². The van der Waals surface area contributed by atoms with Crippen molar-refractivity contribution in [3.05, 3.63) is 23.4 Å². The number of hydrogen-bond donors (Lipinski definition) is 0. The summed E-state index contributed by atoms with van der Waals surface area (Å²) in [5, 5.41) is 1.73. The van der Waals surface area contributed by atoms with Gasteiger partial charge >= 0.3 is 0 Å². The topological polar surface area (TPSA) is 12.9 Å². The van der Waals surface area contributed by atoms with E-state index in [1.165, 1.54) is 0 Å². The van der Waals surface area contributed by atoms with Crippen molar-refractivity contribution in [2.24, 2.45) is 0 Å². The summed E-state index contributed by atoms with van der Waals surface area (Å²) in [6, 6.07) is 3.78. The Hall–Kier alpha value is -0.210. The van der Waals surface area contributed by atoms with E-state index in [-0.39, 0.29) is 0 Å². The van der Waals surface area contributed by atoms with Crippen LogP contribution in [0.4, 0.5) is 0 Å². The zero-order valence-corrected chi connectivity index (χ0v) is 7.25. The van der Waals surface area contributed by atoms with Crippen molar-refractivity contribution >= 4 is 23.4 Å². The molecule has 0 saturated carbocycles. The summed E-state index contributed by atoms with van der Waals surface area (Å²) in [4.78, 5) is 4.10. The van der Waals surface area contributed by atoms with Crippen molar-refractivity contribution < 1.29 is 0 Å². The summed E-state index contributed by atoms with van der Waals surface area (Å²) in [6.45, 7) is 2.10. The molecule has 0 fully saturated rings. The third kappa shape index (κ3) is 2.20.